The molecule has 2 fully saturated rings. The van der Waals surface area contributed by atoms with E-state index in [9.17, 15) is 0 Å². The normalized spacial score (nSPS) is 27.5. The van der Waals surface area contributed by atoms with Crippen LogP contribution >= 0.6 is 0 Å². The standard InChI is InChI=1S/C16H25N3/c1-14-7-11-18-16(8-3-4-9-16)13-19(14)12-15-6-2-5-10-17-15/h2,5-6,10,14,18H,3-4,7-9,11-13H2,1H3. The molecule has 1 aromatic heterocycles. The third-order valence-corrected chi connectivity index (χ3v) is 4.84. The van der Waals surface area contributed by atoms with Gasteiger partial charge in [0.1, 0.15) is 0 Å². The molecule has 104 valence electrons. The van der Waals surface area contributed by atoms with Gasteiger partial charge in [-0.15, -0.1) is 0 Å². The highest BCUT2D eigenvalue weighted by molar-refractivity contribution is 5.05. The van der Waals surface area contributed by atoms with Crippen molar-refractivity contribution < 1.29 is 0 Å². The number of pyridine rings is 1. The second kappa shape index (κ2) is 5.59. The summed E-state index contributed by atoms with van der Waals surface area (Å²) in [5.74, 6) is 0. The summed E-state index contributed by atoms with van der Waals surface area (Å²) in [6.07, 6.45) is 8.62. The van der Waals surface area contributed by atoms with Gasteiger partial charge in [0, 0.05) is 30.9 Å². The Kier molecular flexibility index (Phi) is 3.85. The van der Waals surface area contributed by atoms with E-state index in [0.717, 1.165) is 6.54 Å². The molecule has 1 aliphatic heterocycles. The molecule has 1 spiro atoms. The van der Waals surface area contributed by atoms with Crippen LogP contribution in [0.2, 0.25) is 0 Å². The lowest BCUT2D eigenvalue weighted by atomic mass is 9.97. The van der Waals surface area contributed by atoms with Gasteiger partial charge in [-0.2, -0.15) is 0 Å². The van der Waals surface area contributed by atoms with E-state index in [0.29, 0.717) is 11.6 Å². The molecule has 0 amide bonds. The summed E-state index contributed by atoms with van der Waals surface area (Å²) in [5.41, 5.74) is 1.59. The van der Waals surface area contributed by atoms with Gasteiger partial charge in [-0.3, -0.25) is 9.88 Å². The Balaban J connectivity index is 1.73. The van der Waals surface area contributed by atoms with Crippen molar-refractivity contribution in [1.82, 2.24) is 15.2 Å². The average molecular weight is 259 g/mol. The smallest absolute Gasteiger partial charge is 0.0544 e. The summed E-state index contributed by atoms with van der Waals surface area (Å²) >= 11 is 0. The number of hydrogen-bond acceptors (Lipinski definition) is 3. The largest absolute Gasteiger partial charge is 0.310 e. The Morgan fingerprint density at radius 2 is 2.21 bits per heavy atom. The van der Waals surface area contributed by atoms with Crippen LogP contribution in [0.3, 0.4) is 0 Å². The molecule has 2 aliphatic rings. The molecule has 0 radical (unpaired) electrons. The predicted octanol–water partition coefficient (Wildman–Crippen LogP) is 2.58. The molecule has 3 heteroatoms. The van der Waals surface area contributed by atoms with E-state index in [1.807, 2.05) is 12.3 Å². The highest BCUT2D eigenvalue weighted by atomic mass is 15.2. The van der Waals surface area contributed by atoms with E-state index >= 15 is 0 Å². The second-order valence-electron chi connectivity index (χ2n) is 6.28. The summed E-state index contributed by atoms with van der Waals surface area (Å²) in [6.45, 7) is 5.70. The highest BCUT2D eigenvalue weighted by Gasteiger charge is 2.37. The maximum Gasteiger partial charge on any atom is 0.0544 e. The highest BCUT2D eigenvalue weighted by Crippen LogP contribution is 2.33. The molecule has 1 unspecified atom stereocenters. The van der Waals surface area contributed by atoms with Crippen LogP contribution in [0.15, 0.2) is 24.4 Å². The van der Waals surface area contributed by atoms with Crippen LogP contribution in [-0.4, -0.2) is 34.6 Å². The van der Waals surface area contributed by atoms with Gasteiger partial charge in [-0.05, 0) is 44.9 Å². The van der Waals surface area contributed by atoms with Crippen molar-refractivity contribution in [3.63, 3.8) is 0 Å². The van der Waals surface area contributed by atoms with Crippen molar-refractivity contribution in [3.8, 4) is 0 Å². The van der Waals surface area contributed by atoms with Crippen molar-refractivity contribution in [2.75, 3.05) is 13.1 Å². The first kappa shape index (κ1) is 13.1. The minimum absolute atomic E-state index is 0.388. The minimum atomic E-state index is 0.388. The van der Waals surface area contributed by atoms with Crippen LogP contribution < -0.4 is 5.32 Å². The van der Waals surface area contributed by atoms with Crippen LogP contribution in [0.1, 0.15) is 44.7 Å². The first-order valence-electron chi connectivity index (χ1n) is 7.66. The molecule has 1 saturated heterocycles. The molecule has 2 heterocycles. The first-order valence-corrected chi connectivity index (χ1v) is 7.66. The Bertz CT molecular complexity index is 398. The predicted molar refractivity (Wildman–Crippen MR) is 77.9 cm³/mol. The second-order valence-corrected chi connectivity index (χ2v) is 6.28. The lowest BCUT2D eigenvalue weighted by Crippen LogP contribution is -2.50. The topological polar surface area (TPSA) is 28.2 Å². The molecular weight excluding hydrogens is 234 g/mol. The van der Waals surface area contributed by atoms with E-state index in [1.165, 1.54) is 50.9 Å². The summed E-state index contributed by atoms with van der Waals surface area (Å²) < 4.78 is 0. The number of nitrogens with one attached hydrogen (secondary N) is 1. The Morgan fingerprint density at radius 3 is 2.95 bits per heavy atom. The molecule has 1 saturated carbocycles. The SMILES string of the molecule is CC1CCNC2(CCCC2)CN1Cc1ccccn1. The summed E-state index contributed by atoms with van der Waals surface area (Å²) in [7, 11) is 0. The maximum absolute atomic E-state index is 4.49. The van der Waals surface area contributed by atoms with Gasteiger partial charge in [0.25, 0.3) is 0 Å². The lowest BCUT2D eigenvalue weighted by molar-refractivity contribution is 0.158. The van der Waals surface area contributed by atoms with Gasteiger partial charge in [0.05, 0.1) is 5.69 Å². The summed E-state index contributed by atoms with van der Waals surface area (Å²) in [5, 5.41) is 3.84. The van der Waals surface area contributed by atoms with Crippen molar-refractivity contribution in [2.24, 2.45) is 0 Å². The minimum Gasteiger partial charge on any atom is -0.310 e. The maximum atomic E-state index is 4.49. The zero-order chi connectivity index (χ0) is 13.1. The van der Waals surface area contributed by atoms with E-state index in [-0.39, 0.29) is 0 Å². The van der Waals surface area contributed by atoms with Crippen molar-refractivity contribution in [2.45, 2.75) is 57.2 Å². The molecule has 19 heavy (non-hydrogen) atoms. The van der Waals surface area contributed by atoms with Crippen LogP contribution in [0.25, 0.3) is 0 Å². The molecule has 1 N–H and O–H groups in total. The quantitative estimate of drug-likeness (QED) is 0.885. The molecule has 3 nitrogen and oxygen atoms in total. The molecule has 1 aromatic rings. The van der Waals surface area contributed by atoms with E-state index < -0.39 is 0 Å². The van der Waals surface area contributed by atoms with E-state index in [4.69, 9.17) is 0 Å². The fraction of sp³-hybridized carbons (Fsp3) is 0.688. The van der Waals surface area contributed by atoms with Crippen LogP contribution in [0.5, 0.6) is 0 Å². The number of hydrogen-bond donors (Lipinski definition) is 1. The zero-order valence-electron chi connectivity index (χ0n) is 11.9. The van der Waals surface area contributed by atoms with Gasteiger partial charge in [-0.1, -0.05) is 18.9 Å². The third kappa shape index (κ3) is 2.98. The first-order chi connectivity index (χ1) is 9.27. The summed E-state index contributed by atoms with van der Waals surface area (Å²) in [4.78, 5) is 7.12. The lowest BCUT2D eigenvalue weighted by Gasteiger charge is -2.35. The molecular formula is C16H25N3. The third-order valence-electron chi connectivity index (χ3n) is 4.84. The Hall–Kier alpha value is -0.930. The summed E-state index contributed by atoms with van der Waals surface area (Å²) in [6, 6.07) is 6.88. The van der Waals surface area contributed by atoms with E-state index in [2.05, 4.69) is 34.3 Å². The van der Waals surface area contributed by atoms with Gasteiger partial charge in [-0.25, -0.2) is 0 Å². The Morgan fingerprint density at radius 1 is 1.37 bits per heavy atom. The molecule has 3 rings (SSSR count). The van der Waals surface area contributed by atoms with Gasteiger partial charge in [0.15, 0.2) is 0 Å². The zero-order valence-corrected chi connectivity index (χ0v) is 11.9. The number of nitrogens with zero attached hydrogens (tertiary/aromatic N) is 2. The van der Waals surface area contributed by atoms with Gasteiger partial charge < -0.3 is 5.32 Å². The number of rotatable bonds is 2. The molecule has 1 aliphatic carbocycles. The van der Waals surface area contributed by atoms with Crippen molar-refractivity contribution in [1.29, 1.82) is 0 Å². The monoisotopic (exact) mass is 259 g/mol. The fourth-order valence-corrected chi connectivity index (χ4v) is 3.63. The average Bonchev–Trinajstić information content (AvgIpc) is 2.81. The van der Waals surface area contributed by atoms with Crippen molar-refractivity contribution >= 4 is 0 Å². The molecule has 0 bridgehead atoms. The van der Waals surface area contributed by atoms with E-state index in [1.54, 1.807) is 0 Å². The van der Waals surface area contributed by atoms with Crippen LogP contribution in [0, 0.1) is 0 Å². The van der Waals surface area contributed by atoms with Crippen molar-refractivity contribution in [3.05, 3.63) is 30.1 Å². The fourth-order valence-electron chi connectivity index (χ4n) is 3.63. The Labute approximate surface area is 116 Å². The van der Waals surface area contributed by atoms with Gasteiger partial charge in [0.2, 0.25) is 0 Å². The van der Waals surface area contributed by atoms with Crippen LogP contribution in [-0.2, 0) is 6.54 Å². The molecule has 0 aromatic carbocycles. The molecule has 1 atom stereocenters. The van der Waals surface area contributed by atoms with Crippen LogP contribution in [0.4, 0.5) is 0 Å². The number of aromatic nitrogens is 1. The van der Waals surface area contributed by atoms with Gasteiger partial charge >= 0.3 is 0 Å².